The Hall–Kier alpha value is -1.30. The van der Waals surface area contributed by atoms with Crippen molar-refractivity contribution in [1.82, 2.24) is 10.2 Å². The predicted molar refractivity (Wildman–Crippen MR) is 98.3 cm³/mol. The van der Waals surface area contributed by atoms with Gasteiger partial charge >= 0.3 is 6.09 Å². The van der Waals surface area contributed by atoms with Crippen LogP contribution in [0.25, 0.3) is 0 Å². The maximum absolute atomic E-state index is 12.9. The molecule has 1 aliphatic heterocycles. The molecular weight excluding hydrogens is 320 g/mol. The number of aliphatic hydroxyl groups is 1. The number of nitrogens with zero attached hydrogens (tertiary/aromatic N) is 1. The van der Waals surface area contributed by atoms with Gasteiger partial charge in [0.15, 0.2) is 0 Å². The van der Waals surface area contributed by atoms with Crippen molar-refractivity contribution in [3.8, 4) is 0 Å². The SMILES string of the molecule is CC[C@]1(C(=O)NC[C@H](O)CC(C)(C)C)CCCN1C(=O)OC(C)(C)C. The monoisotopic (exact) mass is 356 g/mol. The molecule has 6 heteroatoms. The number of hydrogen-bond donors (Lipinski definition) is 2. The number of ether oxygens (including phenoxy) is 1. The van der Waals surface area contributed by atoms with Gasteiger partial charge in [-0.15, -0.1) is 0 Å². The molecule has 0 unspecified atom stereocenters. The molecular formula is C19H36N2O4. The van der Waals surface area contributed by atoms with E-state index >= 15 is 0 Å². The highest BCUT2D eigenvalue weighted by Crippen LogP contribution is 2.34. The van der Waals surface area contributed by atoms with Crippen LogP contribution >= 0.6 is 0 Å². The van der Waals surface area contributed by atoms with E-state index in [-0.39, 0.29) is 17.9 Å². The van der Waals surface area contributed by atoms with E-state index in [1.165, 1.54) is 0 Å². The largest absolute Gasteiger partial charge is 0.444 e. The highest BCUT2D eigenvalue weighted by atomic mass is 16.6. The molecule has 0 aromatic rings. The number of aliphatic hydroxyl groups excluding tert-OH is 1. The van der Waals surface area contributed by atoms with E-state index < -0.39 is 23.3 Å². The van der Waals surface area contributed by atoms with E-state index in [1.807, 2.05) is 48.5 Å². The van der Waals surface area contributed by atoms with Crippen LogP contribution in [0.3, 0.4) is 0 Å². The minimum absolute atomic E-state index is 0.0114. The second-order valence-corrected chi connectivity index (χ2v) is 9.25. The summed E-state index contributed by atoms with van der Waals surface area (Å²) in [5, 5.41) is 13.0. The lowest BCUT2D eigenvalue weighted by atomic mass is 9.88. The number of rotatable bonds is 5. The zero-order chi connectivity index (χ0) is 19.5. The van der Waals surface area contributed by atoms with Crippen molar-refractivity contribution in [2.75, 3.05) is 13.1 Å². The average Bonchev–Trinajstić information content (AvgIpc) is 2.86. The lowest BCUT2D eigenvalue weighted by molar-refractivity contribution is -0.132. The van der Waals surface area contributed by atoms with Gasteiger partial charge in [0.2, 0.25) is 5.91 Å². The molecule has 1 saturated heterocycles. The van der Waals surface area contributed by atoms with Gasteiger partial charge in [0.25, 0.3) is 0 Å². The Labute approximate surface area is 152 Å². The van der Waals surface area contributed by atoms with Crippen LogP contribution in [-0.4, -0.2) is 52.3 Å². The number of likely N-dealkylation sites (tertiary alicyclic amines) is 1. The Bertz CT molecular complexity index is 479. The molecule has 1 rings (SSSR count). The molecule has 2 N–H and O–H groups in total. The smallest absolute Gasteiger partial charge is 0.411 e. The summed E-state index contributed by atoms with van der Waals surface area (Å²) in [4.78, 5) is 27.0. The lowest BCUT2D eigenvalue weighted by Gasteiger charge is -2.37. The highest BCUT2D eigenvalue weighted by Gasteiger charge is 2.49. The lowest BCUT2D eigenvalue weighted by Crippen LogP contribution is -2.58. The van der Waals surface area contributed by atoms with Crippen LogP contribution in [0.15, 0.2) is 0 Å². The van der Waals surface area contributed by atoms with Crippen molar-refractivity contribution >= 4 is 12.0 Å². The maximum atomic E-state index is 12.9. The fraction of sp³-hybridized carbons (Fsp3) is 0.895. The molecule has 1 aliphatic rings. The van der Waals surface area contributed by atoms with E-state index in [9.17, 15) is 14.7 Å². The van der Waals surface area contributed by atoms with E-state index in [0.29, 0.717) is 25.8 Å². The summed E-state index contributed by atoms with van der Waals surface area (Å²) in [5.74, 6) is -0.202. The summed E-state index contributed by atoms with van der Waals surface area (Å²) in [7, 11) is 0. The van der Waals surface area contributed by atoms with Gasteiger partial charge in [0.05, 0.1) is 6.10 Å². The highest BCUT2D eigenvalue weighted by molar-refractivity contribution is 5.90. The van der Waals surface area contributed by atoms with Crippen LogP contribution in [0.4, 0.5) is 4.79 Å². The zero-order valence-corrected chi connectivity index (χ0v) is 16.9. The number of nitrogens with one attached hydrogen (secondary N) is 1. The van der Waals surface area contributed by atoms with Gasteiger partial charge < -0.3 is 15.2 Å². The minimum Gasteiger partial charge on any atom is -0.444 e. The summed E-state index contributed by atoms with van der Waals surface area (Å²) >= 11 is 0. The minimum atomic E-state index is -0.885. The first-order valence-electron chi connectivity index (χ1n) is 9.28. The normalized spacial score (nSPS) is 22.6. The van der Waals surface area contributed by atoms with Crippen LogP contribution < -0.4 is 5.32 Å². The van der Waals surface area contributed by atoms with E-state index in [2.05, 4.69) is 5.32 Å². The third kappa shape index (κ3) is 6.17. The van der Waals surface area contributed by atoms with Gasteiger partial charge in [0, 0.05) is 13.1 Å². The van der Waals surface area contributed by atoms with Crippen LogP contribution in [-0.2, 0) is 9.53 Å². The number of amides is 2. The second-order valence-electron chi connectivity index (χ2n) is 9.25. The van der Waals surface area contributed by atoms with Crippen LogP contribution in [0.2, 0.25) is 0 Å². The second kappa shape index (κ2) is 7.94. The van der Waals surface area contributed by atoms with E-state index in [1.54, 1.807) is 4.90 Å². The molecule has 6 nitrogen and oxygen atoms in total. The first-order valence-corrected chi connectivity index (χ1v) is 9.28. The molecule has 1 fully saturated rings. The molecule has 0 bridgehead atoms. The van der Waals surface area contributed by atoms with Gasteiger partial charge in [-0.05, 0) is 51.9 Å². The van der Waals surface area contributed by atoms with E-state index in [0.717, 1.165) is 6.42 Å². The zero-order valence-electron chi connectivity index (χ0n) is 16.9. The van der Waals surface area contributed by atoms with Crippen molar-refractivity contribution < 1.29 is 19.4 Å². The van der Waals surface area contributed by atoms with Crippen molar-refractivity contribution in [3.05, 3.63) is 0 Å². The number of carbonyl (C=O) groups is 2. The summed E-state index contributed by atoms with van der Waals surface area (Å²) in [6.45, 7) is 14.2. The Morgan fingerprint density at radius 1 is 1.24 bits per heavy atom. The Kier molecular flexibility index (Phi) is 6.90. The summed E-state index contributed by atoms with van der Waals surface area (Å²) in [6, 6.07) is 0. The molecule has 146 valence electrons. The Morgan fingerprint density at radius 2 is 1.84 bits per heavy atom. The molecule has 0 aromatic heterocycles. The first kappa shape index (κ1) is 21.7. The molecule has 2 atom stereocenters. The first-order chi connectivity index (χ1) is 11.3. The summed E-state index contributed by atoms with van der Waals surface area (Å²) in [6.07, 6.45) is 1.46. The molecule has 0 spiro atoms. The number of hydrogen-bond acceptors (Lipinski definition) is 4. The Balaban J connectivity index is 2.79. The quantitative estimate of drug-likeness (QED) is 0.793. The standard InChI is InChI=1S/C19H36N2O4/c1-8-19(15(23)20-13-14(22)12-17(2,3)4)10-9-11-21(19)16(24)25-18(5,6)7/h14,22H,8-13H2,1-7H3,(H,20,23)/t14-,19-/m1/s1. The van der Waals surface area contributed by atoms with Crippen molar-refractivity contribution in [1.29, 1.82) is 0 Å². The fourth-order valence-corrected chi connectivity index (χ4v) is 3.38. The van der Waals surface area contributed by atoms with Gasteiger partial charge in [-0.2, -0.15) is 0 Å². The third-order valence-corrected chi connectivity index (χ3v) is 4.46. The fourth-order valence-electron chi connectivity index (χ4n) is 3.38. The van der Waals surface area contributed by atoms with Gasteiger partial charge in [-0.3, -0.25) is 9.69 Å². The molecule has 0 aromatic carbocycles. The van der Waals surface area contributed by atoms with Crippen LogP contribution in [0.5, 0.6) is 0 Å². The third-order valence-electron chi connectivity index (χ3n) is 4.46. The number of carbonyl (C=O) groups excluding carboxylic acids is 2. The molecule has 25 heavy (non-hydrogen) atoms. The molecule has 2 amide bonds. The summed E-state index contributed by atoms with van der Waals surface area (Å²) < 4.78 is 5.48. The van der Waals surface area contributed by atoms with Crippen molar-refractivity contribution in [2.24, 2.45) is 5.41 Å². The van der Waals surface area contributed by atoms with Crippen LogP contribution in [0.1, 0.15) is 74.1 Å². The van der Waals surface area contributed by atoms with Crippen molar-refractivity contribution in [3.63, 3.8) is 0 Å². The molecule has 1 heterocycles. The Morgan fingerprint density at radius 3 is 2.32 bits per heavy atom. The van der Waals surface area contributed by atoms with Gasteiger partial charge in [-0.25, -0.2) is 4.79 Å². The molecule has 0 aliphatic carbocycles. The van der Waals surface area contributed by atoms with Crippen molar-refractivity contribution in [2.45, 2.75) is 91.4 Å². The van der Waals surface area contributed by atoms with Gasteiger partial charge in [-0.1, -0.05) is 27.7 Å². The predicted octanol–water partition coefficient (Wildman–Crippen LogP) is 3.08. The summed E-state index contributed by atoms with van der Waals surface area (Å²) in [5.41, 5.74) is -1.50. The maximum Gasteiger partial charge on any atom is 0.411 e. The van der Waals surface area contributed by atoms with Crippen LogP contribution in [0, 0.1) is 5.41 Å². The average molecular weight is 357 g/mol. The molecule has 0 radical (unpaired) electrons. The van der Waals surface area contributed by atoms with Gasteiger partial charge in [0.1, 0.15) is 11.1 Å². The topological polar surface area (TPSA) is 78.9 Å². The molecule has 0 saturated carbocycles. The van der Waals surface area contributed by atoms with E-state index in [4.69, 9.17) is 4.74 Å².